The highest BCUT2D eigenvalue weighted by Gasteiger charge is 2.38. The van der Waals surface area contributed by atoms with Crippen LogP contribution in [0, 0.1) is 11.3 Å². The molecule has 1 unspecified atom stereocenters. The minimum atomic E-state index is -3.76. The third kappa shape index (κ3) is 4.10. The van der Waals surface area contributed by atoms with Crippen LogP contribution in [0.2, 0.25) is 0 Å². The first-order valence-electron chi connectivity index (χ1n) is 11.5. The molecule has 2 aliphatic heterocycles. The van der Waals surface area contributed by atoms with E-state index in [2.05, 4.69) is 11.4 Å². The molecule has 2 aliphatic rings. The molecule has 1 atom stereocenters. The first-order chi connectivity index (χ1) is 16.9. The Morgan fingerprint density at radius 2 is 2.03 bits per heavy atom. The summed E-state index contributed by atoms with van der Waals surface area (Å²) >= 11 is 1.14. The predicted octanol–water partition coefficient (Wildman–Crippen LogP) is 4.35. The van der Waals surface area contributed by atoms with Crippen LogP contribution in [0.4, 0.5) is 11.4 Å². The Labute approximate surface area is 207 Å². The van der Waals surface area contributed by atoms with Gasteiger partial charge < -0.3 is 10.2 Å². The van der Waals surface area contributed by atoms with Crippen molar-refractivity contribution in [1.82, 2.24) is 4.31 Å². The number of nitrogens with zero attached hydrogens (tertiary/aromatic N) is 3. The third-order valence-corrected chi connectivity index (χ3v) is 9.81. The average molecular weight is 509 g/mol. The normalized spacial score (nSPS) is 18.1. The van der Waals surface area contributed by atoms with Crippen LogP contribution in [0.5, 0.6) is 0 Å². The Bertz CT molecular complexity index is 1440. The van der Waals surface area contributed by atoms with Crippen LogP contribution in [-0.2, 0) is 14.8 Å². The van der Waals surface area contributed by atoms with Crippen molar-refractivity contribution in [3.8, 4) is 6.07 Å². The number of hydrogen-bond acceptors (Lipinski definition) is 6. The number of sulfonamides is 1. The lowest BCUT2D eigenvalue weighted by atomic mass is 10.0. The van der Waals surface area contributed by atoms with Crippen molar-refractivity contribution in [2.24, 2.45) is 0 Å². The van der Waals surface area contributed by atoms with Gasteiger partial charge in [-0.25, -0.2) is 8.42 Å². The number of unbranched alkanes of at least 4 members (excludes halogenated alkanes) is 1. The fraction of sp³-hybridized carbons (Fsp3) is 0.320. The van der Waals surface area contributed by atoms with Crippen molar-refractivity contribution in [2.75, 3.05) is 23.3 Å². The SMILES string of the molecule is N#CCCCN1C(=O)c2cccc3c(NC(=O)C4CCCCN4S(=O)(=O)c4cccs4)ccc1c23. The van der Waals surface area contributed by atoms with Crippen molar-refractivity contribution in [3.63, 3.8) is 0 Å². The summed E-state index contributed by atoms with van der Waals surface area (Å²) < 4.78 is 27.9. The number of carbonyl (C=O) groups excluding carboxylic acids is 2. The van der Waals surface area contributed by atoms with Gasteiger partial charge in [0.05, 0.1) is 11.8 Å². The molecule has 0 bridgehead atoms. The maximum Gasteiger partial charge on any atom is 0.258 e. The lowest BCUT2D eigenvalue weighted by Crippen LogP contribution is -2.49. The molecule has 2 aromatic carbocycles. The predicted molar refractivity (Wildman–Crippen MR) is 135 cm³/mol. The number of rotatable bonds is 7. The highest BCUT2D eigenvalue weighted by Crippen LogP contribution is 2.41. The van der Waals surface area contributed by atoms with E-state index in [1.807, 2.05) is 6.07 Å². The van der Waals surface area contributed by atoms with Crippen LogP contribution >= 0.6 is 11.3 Å². The summed E-state index contributed by atoms with van der Waals surface area (Å²) in [6.07, 6.45) is 2.86. The van der Waals surface area contributed by atoms with Crippen LogP contribution in [0.1, 0.15) is 42.5 Å². The summed E-state index contributed by atoms with van der Waals surface area (Å²) in [6, 6.07) is 13.5. The third-order valence-electron chi connectivity index (χ3n) is 6.53. The molecular formula is C25H24N4O4S2. The van der Waals surface area contributed by atoms with E-state index in [0.717, 1.165) is 34.2 Å². The Hall–Kier alpha value is -3.26. The van der Waals surface area contributed by atoms with Gasteiger partial charge >= 0.3 is 0 Å². The van der Waals surface area contributed by atoms with Gasteiger partial charge in [-0.05, 0) is 48.9 Å². The number of amides is 2. The number of carbonyl (C=O) groups is 2. The van der Waals surface area contributed by atoms with E-state index in [1.165, 1.54) is 4.31 Å². The van der Waals surface area contributed by atoms with E-state index in [0.29, 0.717) is 50.0 Å². The lowest BCUT2D eigenvalue weighted by molar-refractivity contribution is -0.120. The van der Waals surface area contributed by atoms with E-state index in [-0.39, 0.29) is 16.0 Å². The molecule has 1 aromatic heterocycles. The molecule has 180 valence electrons. The Kier molecular flexibility index (Phi) is 6.32. The molecule has 35 heavy (non-hydrogen) atoms. The highest BCUT2D eigenvalue weighted by molar-refractivity contribution is 7.91. The van der Waals surface area contributed by atoms with Crippen molar-refractivity contribution >= 4 is 55.3 Å². The van der Waals surface area contributed by atoms with E-state index in [1.54, 1.807) is 46.7 Å². The van der Waals surface area contributed by atoms with Gasteiger partial charge in [0.25, 0.3) is 15.9 Å². The smallest absolute Gasteiger partial charge is 0.258 e. The molecule has 1 saturated heterocycles. The van der Waals surface area contributed by atoms with E-state index in [9.17, 15) is 18.0 Å². The van der Waals surface area contributed by atoms with Gasteiger partial charge in [-0.3, -0.25) is 9.59 Å². The maximum atomic E-state index is 13.4. The first-order valence-corrected chi connectivity index (χ1v) is 13.9. The summed E-state index contributed by atoms with van der Waals surface area (Å²) in [7, 11) is -3.76. The number of thiophene rings is 1. The zero-order chi connectivity index (χ0) is 24.6. The molecule has 0 spiro atoms. The second kappa shape index (κ2) is 9.41. The van der Waals surface area contributed by atoms with Crippen LogP contribution in [0.15, 0.2) is 52.1 Å². The topological polar surface area (TPSA) is 111 Å². The maximum absolute atomic E-state index is 13.4. The summed E-state index contributed by atoms with van der Waals surface area (Å²) in [5.41, 5.74) is 1.86. The molecule has 3 aromatic rings. The van der Waals surface area contributed by atoms with Crippen molar-refractivity contribution in [3.05, 3.63) is 53.4 Å². The van der Waals surface area contributed by atoms with Gasteiger partial charge in [-0.1, -0.05) is 24.6 Å². The summed E-state index contributed by atoms with van der Waals surface area (Å²) in [5.74, 6) is -0.492. The van der Waals surface area contributed by atoms with Gasteiger partial charge in [0.2, 0.25) is 5.91 Å². The van der Waals surface area contributed by atoms with E-state index in [4.69, 9.17) is 5.26 Å². The fourth-order valence-corrected chi connectivity index (χ4v) is 7.67. The largest absolute Gasteiger partial charge is 0.324 e. The lowest BCUT2D eigenvalue weighted by Gasteiger charge is -2.33. The van der Waals surface area contributed by atoms with Gasteiger partial charge in [-0.2, -0.15) is 9.57 Å². The van der Waals surface area contributed by atoms with Gasteiger partial charge in [-0.15, -0.1) is 11.3 Å². The van der Waals surface area contributed by atoms with Crippen molar-refractivity contribution < 1.29 is 18.0 Å². The number of hydrogen-bond donors (Lipinski definition) is 1. The van der Waals surface area contributed by atoms with Gasteiger partial charge in [0.1, 0.15) is 10.3 Å². The second-order valence-corrected chi connectivity index (χ2v) is 11.7. The average Bonchev–Trinajstić information content (AvgIpc) is 3.51. The minimum absolute atomic E-state index is 0.118. The van der Waals surface area contributed by atoms with Gasteiger partial charge in [0.15, 0.2) is 0 Å². The number of piperidine rings is 1. The summed E-state index contributed by atoms with van der Waals surface area (Å²) in [5, 5.41) is 15.0. The Balaban J connectivity index is 1.45. The molecule has 2 amide bonds. The molecule has 0 aliphatic carbocycles. The number of anilines is 2. The Morgan fingerprint density at radius 3 is 2.80 bits per heavy atom. The van der Waals surface area contributed by atoms with E-state index < -0.39 is 16.1 Å². The quantitative estimate of drug-likeness (QED) is 0.477. The van der Waals surface area contributed by atoms with Crippen LogP contribution in [-0.4, -0.2) is 43.7 Å². The molecular weight excluding hydrogens is 484 g/mol. The number of benzene rings is 2. The molecule has 0 radical (unpaired) electrons. The molecule has 0 saturated carbocycles. The van der Waals surface area contributed by atoms with Crippen LogP contribution in [0.25, 0.3) is 10.8 Å². The molecule has 1 N–H and O–H groups in total. The molecule has 1 fully saturated rings. The highest BCUT2D eigenvalue weighted by atomic mass is 32.2. The van der Waals surface area contributed by atoms with Crippen molar-refractivity contribution in [1.29, 1.82) is 5.26 Å². The fourth-order valence-electron chi connectivity index (χ4n) is 4.89. The molecule has 5 rings (SSSR count). The van der Waals surface area contributed by atoms with Crippen LogP contribution in [0.3, 0.4) is 0 Å². The standard InChI is InChI=1S/C25H24N4O4S2/c26-13-2-4-14-28-20-12-11-19(17-7-5-8-18(23(17)20)25(28)31)27-24(30)21-9-1-3-15-29(21)35(32,33)22-10-6-16-34-22/h5-8,10-12,16,21H,1-4,9,14-15H2,(H,27,30). The Morgan fingerprint density at radius 1 is 1.17 bits per heavy atom. The molecule has 10 heteroatoms. The zero-order valence-corrected chi connectivity index (χ0v) is 20.6. The molecule has 3 heterocycles. The van der Waals surface area contributed by atoms with E-state index >= 15 is 0 Å². The first kappa shape index (κ1) is 23.5. The number of nitrogens with one attached hydrogen (secondary N) is 1. The minimum Gasteiger partial charge on any atom is -0.324 e. The van der Waals surface area contributed by atoms with Crippen LogP contribution < -0.4 is 10.2 Å². The summed E-state index contributed by atoms with van der Waals surface area (Å²) in [6.45, 7) is 0.744. The van der Waals surface area contributed by atoms with Crippen molar-refractivity contribution in [2.45, 2.75) is 42.4 Å². The summed E-state index contributed by atoms with van der Waals surface area (Å²) in [4.78, 5) is 28.1. The number of nitriles is 1. The van der Waals surface area contributed by atoms with Gasteiger partial charge in [0, 0.05) is 41.5 Å². The second-order valence-electron chi connectivity index (χ2n) is 8.63. The monoisotopic (exact) mass is 508 g/mol. The molecule has 8 nitrogen and oxygen atoms in total. The zero-order valence-electron chi connectivity index (χ0n) is 18.9.